The SMILES string of the molecule is CCCCCCCCc1cc(C#Cc2cc(C)c(C#Cc3cc(C(C)(C)C)cc(C#Cc4cc(C)c(C#Cc5cc(C#C[Si](C(C)C)(C(C)C)C(C)C)cc(CCCCCCCC)c5)cc4C)c3OCCCO)cc2C)cc(C#C[Si](C(C)C)(C(C)C)C(C)C)c1. The summed E-state index contributed by atoms with van der Waals surface area (Å²) in [6.45, 7) is 48.7. The van der Waals surface area contributed by atoms with E-state index in [0.29, 0.717) is 52.0 Å². The van der Waals surface area contributed by atoms with E-state index >= 15 is 0 Å². The van der Waals surface area contributed by atoms with Crippen molar-refractivity contribution in [2.75, 3.05) is 13.2 Å². The van der Waals surface area contributed by atoms with Crippen molar-refractivity contribution in [2.45, 2.75) is 280 Å². The highest BCUT2D eigenvalue weighted by molar-refractivity contribution is 6.91. The quantitative estimate of drug-likeness (QED) is 0.0379. The van der Waals surface area contributed by atoms with E-state index in [1.165, 1.54) is 88.2 Å². The third kappa shape index (κ3) is 21.6. The molecule has 0 saturated heterocycles. The van der Waals surface area contributed by atoms with Gasteiger partial charge in [0.25, 0.3) is 0 Å². The lowest BCUT2D eigenvalue weighted by Crippen LogP contribution is -2.43. The van der Waals surface area contributed by atoms with Crippen LogP contribution in [0.15, 0.2) is 72.8 Å². The Kier molecular flexibility index (Phi) is 30.0. The van der Waals surface area contributed by atoms with Crippen molar-refractivity contribution in [1.82, 2.24) is 0 Å². The molecule has 1 N–H and O–H groups in total. The number of hydrogen-bond donors (Lipinski definition) is 1. The molecule has 0 aliphatic carbocycles. The van der Waals surface area contributed by atoms with E-state index in [-0.39, 0.29) is 12.0 Å². The molecular weight excluding hydrogens is 1130 g/mol. The van der Waals surface area contributed by atoms with Crippen molar-refractivity contribution < 1.29 is 9.84 Å². The molecule has 0 saturated carbocycles. The molecule has 2 nitrogen and oxygen atoms in total. The van der Waals surface area contributed by atoms with Crippen molar-refractivity contribution in [3.63, 3.8) is 0 Å². The van der Waals surface area contributed by atoms with Gasteiger partial charge in [0, 0.05) is 57.5 Å². The van der Waals surface area contributed by atoms with Gasteiger partial charge in [-0.05, 0) is 204 Å². The molecule has 484 valence electrons. The Bertz CT molecular complexity index is 3360. The number of aliphatic hydroxyl groups is 1. The lowest BCUT2D eigenvalue weighted by molar-refractivity contribution is 0.233. The van der Waals surface area contributed by atoms with Crippen LogP contribution in [-0.2, 0) is 18.3 Å². The molecule has 5 rings (SSSR count). The van der Waals surface area contributed by atoms with Gasteiger partial charge in [0.1, 0.15) is 16.1 Å². The van der Waals surface area contributed by atoms with Crippen LogP contribution >= 0.6 is 0 Å². The zero-order valence-electron chi connectivity index (χ0n) is 60.8. The maximum Gasteiger partial charge on any atom is 0.150 e. The monoisotopic (exact) mass is 1250 g/mol. The fourth-order valence-electron chi connectivity index (χ4n) is 13.8. The number of hydrogen-bond acceptors (Lipinski definition) is 2. The van der Waals surface area contributed by atoms with E-state index in [1.54, 1.807) is 0 Å². The second-order valence-electron chi connectivity index (χ2n) is 29.2. The predicted molar refractivity (Wildman–Crippen MR) is 401 cm³/mol. The van der Waals surface area contributed by atoms with Crippen molar-refractivity contribution in [1.29, 1.82) is 0 Å². The van der Waals surface area contributed by atoms with Gasteiger partial charge >= 0.3 is 0 Å². The molecule has 4 heteroatoms. The van der Waals surface area contributed by atoms with Crippen LogP contribution in [0.2, 0.25) is 33.2 Å². The summed E-state index contributed by atoms with van der Waals surface area (Å²) in [5, 5.41) is 9.91. The zero-order chi connectivity index (χ0) is 67.1. The van der Waals surface area contributed by atoms with Crippen molar-refractivity contribution in [2.24, 2.45) is 0 Å². The van der Waals surface area contributed by atoms with Crippen LogP contribution in [0, 0.1) is 98.0 Å². The van der Waals surface area contributed by atoms with Gasteiger partial charge in [0.2, 0.25) is 0 Å². The van der Waals surface area contributed by atoms with Gasteiger partial charge in [-0.15, -0.1) is 11.1 Å². The minimum absolute atomic E-state index is 0.0250. The third-order valence-corrected chi connectivity index (χ3v) is 31.8. The van der Waals surface area contributed by atoms with Crippen molar-refractivity contribution in [3.05, 3.63) is 167 Å². The van der Waals surface area contributed by atoms with E-state index in [9.17, 15) is 5.11 Å². The largest absolute Gasteiger partial charge is 0.491 e. The van der Waals surface area contributed by atoms with Gasteiger partial charge in [-0.2, -0.15) is 0 Å². The van der Waals surface area contributed by atoms with E-state index < -0.39 is 16.1 Å². The number of unbranched alkanes of at least 4 members (excludes halogenated alkanes) is 10. The van der Waals surface area contributed by atoms with Crippen LogP contribution in [0.5, 0.6) is 5.75 Å². The molecule has 0 radical (unpaired) electrons. The molecule has 0 bridgehead atoms. The minimum Gasteiger partial charge on any atom is -0.491 e. The first-order valence-corrected chi connectivity index (χ1v) is 39.7. The van der Waals surface area contributed by atoms with Crippen LogP contribution in [0.3, 0.4) is 0 Å². The smallest absolute Gasteiger partial charge is 0.150 e. The summed E-state index contributed by atoms with van der Waals surface area (Å²) in [7, 11) is -3.84. The summed E-state index contributed by atoms with van der Waals surface area (Å²) >= 11 is 0. The Morgan fingerprint density at radius 3 is 0.967 bits per heavy atom. The number of ether oxygens (including phenoxy) is 1. The molecule has 0 aliphatic rings. The second kappa shape index (κ2) is 36.2. The first-order valence-electron chi connectivity index (χ1n) is 35.3. The molecular formula is C87H116O2Si2. The Morgan fingerprint density at radius 1 is 0.363 bits per heavy atom. The fourth-order valence-corrected chi connectivity index (χ4v) is 24.2. The van der Waals surface area contributed by atoms with Gasteiger partial charge < -0.3 is 9.84 Å². The Labute approximate surface area is 559 Å². The standard InChI is InChI=1S/C87H116O2Si2/c1-22-24-26-28-30-32-35-73-55-75(59-77(57-73)45-49-90(63(3)4,64(5)6)65(7)8)37-39-79-51-71(17)81(53-69(79)15)41-43-83-61-85(87(19,20)21)62-84(86(83)89-48-34-47-88)44-42-82-54-70(16)80(52-72(82)18)40-38-76-56-74(36-33-31-29-27-25-23-2)58-78(60-76)46-50-91(66(9)10,67(11)12)68(13)14/h51-68,88H,22-36,47-48H2,1-21H3. The molecule has 0 spiro atoms. The molecule has 0 heterocycles. The first-order chi connectivity index (χ1) is 43.2. The highest BCUT2D eigenvalue weighted by Gasteiger charge is 2.43. The number of aliphatic hydroxyl groups excluding tert-OH is 1. The summed E-state index contributed by atoms with van der Waals surface area (Å²) in [5.41, 5.74) is 28.9. The Morgan fingerprint density at radius 2 is 0.659 bits per heavy atom. The maximum absolute atomic E-state index is 9.91. The number of aryl methyl sites for hydroxylation is 6. The molecule has 91 heavy (non-hydrogen) atoms. The van der Waals surface area contributed by atoms with E-state index in [4.69, 9.17) is 4.74 Å². The fraction of sp³-hybridized carbons (Fsp3) is 0.517. The summed E-state index contributed by atoms with van der Waals surface area (Å²) in [6.07, 6.45) is 17.8. The number of benzene rings is 5. The van der Waals surface area contributed by atoms with Gasteiger partial charge in [-0.3, -0.25) is 0 Å². The minimum atomic E-state index is -1.92. The van der Waals surface area contributed by atoms with Crippen molar-refractivity contribution >= 4 is 16.1 Å². The molecule has 0 fully saturated rings. The molecule has 5 aromatic carbocycles. The van der Waals surface area contributed by atoms with Gasteiger partial charge in [-0.1, -0.05) is 241 Å². The second-order valence-corrected chi connectivity index (χ2v) is 40.4. The van der Waals surface area contributed by atoms with Crippen LogP contribution in [0.4, 0.5) is 0 Å². The van der Waals surface area contributed by atoms with E-state index in [1.807, 2.05) is 0 Å². The maximum atomic E-state index is 9.91. The summed E-state index contributed by atoms with van der Waals surface area (Å²) in [6, 6.07) is 26.7. The van der Waals surface area contributed by atoms with Crippen LogP contribution < -0.4 is 4.74 Å². The predicted octanol–water partition coefficient (Wildman–Crippen LogP) is 22.5. The normalized spacial score (nSPS) is 11.6. The number of rotatable bonds is 24. The Hall–Kier alpha value is -6.35. The zero-order valence-corrected chi connectivity index (χ0v) is 62.8. The van der Waals surface area contributed by atoms with Gasteiger partial charge in [-0.25, -0.2) is 0 Å². The molecule has 0 unspecified atom stereocenters. The molecule has 0 aromatic heterocycles. The van der Waals surface area contributed by atoms with Crippen LogP contribution in [0.1, 0.15) is 296 Å². The van der Waals surface area contributed by atoms with Gasteiger partial charge in [0.15, 0.2) is 5.75 Å². The molecule has 0 amide bonds. The Balaban J connectivity index is 1.54. The summed E-state index contributed by atoms with van der Waals surface area (Å²) in [5.74, 6) is 36.8. The van der Waals surface area contributed by atoms with Gasteiger partial charge in [0.05, 0.1) is 17.7 Å². The van der Waals surface area contributed by atoms with Crippen molar-refractivity contribution in [3.8, 4) is 76.0 Å². The first kappa shape index (κ1) is 75.4. The average molecular weight is 1250 g/mol. The van der Waals surface area contributed by atoms with Crippen LogP contribution in [0.25, 0.3) is 0 Å². The topological polar surface area (TPSA) is 29.5 Å². The highest BCUT2D eigenvalue weighted by Crippen LogP contribution is 2.42. The molecule has 5 aromatic rings. The average Bonchev–Trinajstić information content (AvgIpc) is 0.897. The molecule has 0 aliphatic heterocycles. The third-order valence-electron chi connectivity index (χ3n) is 19.2. The summed E-state index contributed by atoms with van der Waals surface area (Å²) in [4.78, 5) is 0. The van der Waals surface area contributed by atoms with Crippen LogP contribution in [-0.4, -0.2) is 34.5 Å². The summed E-state index contributed by atoms with van der Waals surface area (Å²) < 4.78 is 6.57. The highest BCUT2D eigenvalue weighted by atomic mass is 28.3. The van der Waals surface area contributed by atoms with E-state index in [2.05, 4.69) is 288 Å². The lowest BCUT2D eigenvalue weighted by atomic mass is 9.84. The van der Waals surface area contributed by atoms with E-state index in [0.717, 1.165) is 96.3 Å². The lowest BCUT2D eigenvalue weighted by Gasteiger charge is -2.38. The molecule has 0 atom stereocenters.